The molecule has 0 unspecified atom stereocenters. The highest BCUT2D eigenvalue weighted by atomic mass is 16.3. The molecule has 4 nitrogen and oxygen atoms in total. The van der Waals surface area contributed by atoms with Crippen LogP contribution in [0.25, 0.3) is 0 Å². The Labute approximate surface area is 90.3 Å². The van der Waals surface area contributed by atoms with E-state index in [4.69, 9.17) is 10.4 Å². The summed E-state index contributed by atoms with van der Waals surface area (Å²) in [6, 6.07) is 2.10. The Kier molecular flexibility index (Phi) is 3.35. The fourth-order valence-electron chi connectivity index (χ4n) is 1.69. The van der Waals surface area contributed by atoms with Crippen LogP contribution in [0.3, 0.4) is 0 Å². The van der Waals surface area contributed by atoms with Crippen molar-refractivity contribution < 1.29 is 9.90 Å². The molecule has 15 heavy (non-hydrogen) atoms. The third-order valence-electron chi connectivity index (χ3n) is 3.04. The average Bonchev–Trinajstić information content (AvgIpc) is 2.01. The van der Waals surface area contributed by atoms with Crippen LogP contribution in [0, 0.1) is 16.7 Å². The van der Waals surface area contributed by atoms with Crippen LogP contribution in [0.15, 0.2) is 0 Å². The molecule has 2 N–H and O–H groups in total. The summed E-state index contributed by atoms with van der Waals surface area (Å²) in [4.78, 5) is 11.9. The predicted octanol–water partition coefficient (Wildman–Crippen LogP) is 0.957. The third kappa shape index (κ3) is 2.48. The maximum absolute atomic E-state index is 11.9. The number of hydrogen-bond acceptors (Lipinski definition) is 3. The van der Waals surface area contributed by atoms with Crippen LogP contribution in [-0.4, -0.2) is 23.2 Å². The molecule has 0 aliphatic heterocycles. The lowest BCUT2D eigenvalue weighted by molar-refractivity contribution is -0.133. The van der Waals surface area contributed by atoms with Crippen LogP contribution < -0.4 is 5.32 Å². The van der Waals surface area contributed by atoms with Crippen LogP contribution in [0.2, 0.25) is 0 Å². The minimum Gasteiger partial charge on any atom is -0.396 e. The second-order valence-corrected chi connectivity index (χ2v) is 4.86. The first-order valence-electron chi connectivity index (χ1n) is 5.30. The van der Waals surface area contributed by atoms with Gasteiger partial charge in [-0.05, 0) is 39.5 Å². The molecule has 0 radical (unpaired) electrons. The summed E-state index contributed by atoms with van der Waals surface area (Å²) in [5, 5.41) is 20.6. The first-order chi connectivity index (χ1) is 6.96. The molecule has 1 aliphatic rings. The van der Waals surface area contributed by atoms with Gasteiger partial charge in [-0.3, -0.25) is 4.79 Å². The number of nitrogens with zero attached hydrogens (tertiary/aromatic N) is 1. The molecule has 0 aromatic rings. The lowest BCUT2D eigenvalue weighted by atomic mass is 9.69. The molecule has 1 amide bonds. The fourth-order valence-corrected chi connectivity index (χ4v) is 1.69. The zero-order chi connectivity index (χ0) is 11.5. The van der Waals surface area contributed by atoms with E-state index in [1.165, 1.54) is 0 Å². The van der Waals surface area contributed by atoms with Gasteiger partial charge in [0.1, 0.15) is 5.41 Å². The number of aliphatic hydroxyl groups excluding tert-OH is 1. The van der Waals surface area contributed by atoms with Gasteiger partial charge in [0, 0.05) is 12.1 Å². The van der Waals surface area contributed by atoms with Gasteiger partial charge >= 0.3 is 0 Å². The molecular formula is C11H18N2O2. The maximum atomic E-state index is 11.9. The average molecular weight is 210 g/mol. The molecule has 0 bridgehead atoms. The van der Waals surface area contributed by atoms with Crippen LogP contribution >= 0.6 is 0 Å². The van der Waals surface area contributed by atoms with E-state index in [0.29, 0.717) is 19.3 Å². The highest BCUT2D eigenvalue weighted by Crippen LogP contribution is 2.40. The number of nitrogens with one attached hydrogen (secondary N) is 1. The molecule has 4 heteroatoms. The topological polar surface area (TPSA) is 73.1 Å². The van der Waals surface area contributed by atoms with Crippen LogP contribution in [0.5, 0.6) is 0 Å². The zero-order valence-corrected chi connectivity index (χ0v) is 9.34. The monoisotopic (exact) mass is 210 g/mol. The van der Waals surface area contributed by atoms with Crippen molar-refractivity contribution in [1.29, 1.82) is 5.26 Å². The molecule has 1 rings (SSSR count). The Balaban J connectivity index is 2.59. The van der Waals surface area contributed by atoms with Crippen molar-refractivity contribution in [1.82, 2.24) is 5.32 Å². The molecule has 0 aromatic heterocycles. The number of carbonyl (C=O) groups excluding carboxylic acids is 1. The summed E-state index contributed by atoms with van der Waals surface area (Å²) in [7, 11) is 0. The zero-order valence-electron chi connectivity index (χ0n) is 9.34. The summed E-state index contributed by atoms with van der Waals surface area (Å²) < 4.78 is 0. The molecule has 0 spiro atoms. The van der Waals surface area contributed by atoms with E-state index >= 15 is 0 Å². The summed E-state index contributed by atoms with van der Waals surface area (Å²) in [5.41, 5.74) is -1.24. The molecule has 1 saturated carbocycles. The van der Waals surface area contributed by atoms with Crippen LogP contribution in [0.4, 0.5) is 0 Å². The Morgan fingerprint density at radius 3 is 2.53 bits per heavy atom. The molecule has 0 heterocycles. The molecule has 0 atom stereocenters. The van der Waals surface area contributed by atoms with Gasteiger partial charge in [-0.1, -0.05) is 0 Å². The number of hydrogen-bond donors (Lipinski definition) is 2. The minimum atomic E-state index is -0.799. The van der Waals surface area contributed by atoms with Crippen molar-refractivity contribution in [2.24, 2.45) is 5.41 Å². The van der Waals surface area contributed by atoms with E-state index in [0.717, 1.165) is 6.42 Å². The fraction of sp³-hybridized carbons (Fsp3) is 0.818. The van der Waals surface area contributed by atoms with Gasteiger partial charge in [0.05, 0.1) is 6.07 Å². The highest BCUT2D eigenvalue weighted by molar-refractivity contribution is 5.86. The Bertz CT molecular complexity index is 287. The quantitative estimate of drug-likeness (QED) is 0.725. The SMILES string of the molecule is CC(C)(CCO)NC(=O)C1(C#N)CCC1. The number of aliphatic hydroxyl groups is 1. The van der Waals surface area contributed by atoms with Gasteiger partial charge in [0.2, 0.25) is 5.91 Å². The van der Waals surface area contributed by atoms with Gasteiger partial charge in [0.25, 0.3) is 0 Å². The minimum absolute atomic E-state index is 0.0346. The van der Waals surface area contributed by atoms with Gasteiger partial charge < -0.3 is 10.4 Å². The molecular weight excluding hydrogens is 192 g/mol. The number of carbonyl (C=O) groups is 1. The van der Waals surface area contributed by atoms with Gasteiger partial charge in [-0.25, -0.2) is 0 Å². The second-order valence-electron chi connectivity index (χ2n) is 4.86. The van der Waals surface area contributed by atoms with E-state index in [-0.39, 0.29) is 12.5 Å². The first kappa shape index (κ1) is 12.0. The van der Waals surface area contributed by atoms with E-state index in [1.807, 2.05) is 13.8 Å². The van der Waals surface area contributed by atoms with Crippen molar-refractivity contribution in [2.45, 2.75) is 45.1 Å². The Morgan fingerprint density at radius 1 is 1.60 bits per heavy atom. The van der Waals surface area contributed by atoms with Gasteiger partial charge in [-0.2, -0.15) is 5.26 Å². The second kappa shape index (κ2) is 4.19. The predicted molar refractivity (Wildman–Crippen MR) is 55.8 cm³/mol. The Hall–Kier alpha value is -1.08. The van der Waals surface area contributed by atoms with Crippen molar-refractivity contribution in [2.75, 3.05) is 6.61 Å². The van der Waals surface area contributed by atoms with Crippen LogP contribution in [-0.2, 0) is 4.79 Å². The number of nitriles is 1. The normalized spacial score (nSPS) is 18.8. The Morgan fingerprint density at radius 2 is 2.20 bits per heavy atom. The van der Waals surface area contributed by atoms with Crippen LogP contribution in [0.1, 0.15) is 39.5 Å². The summed E-state index contributed by atoms with van der Waals surface area (Å²) in [6.45, 7) is 3.74. The smallest absolute Gasteiger partial charge is 0.240 e. The van der Waals surface area contributed by atoms with Gasteiger partial charge in [-0.15, -0.1) is 0 Å². The van der Waals surface area contributed by atoms with Crippen molar-refractivity contribution >= 4 is 5.91 Å². The molecule has 1 aliphatic carbocycles. The summed E-state index contributed by atoms with van der Waals surface area (Å²) in [5.74, 6) is -0.185. The largest absolute Gasteiger partial charge is 0.396 e. The number of amides is 1. The molecule has 0 aromatic carbocycles. The van der Waals surface area contributed by atoms with E-state index in [2.05, 4.69) is 11.4 Å². The summed E-state index contributed by atoms with van der Waals surface area (Å²) in [6.07, 6.45) is 2.76. The van der Waals surface area contributed by atoms with Crippen molar-refractivity contribution in [3.8, 4) is 6.07 Å². The van der Waals surface area contributed by atoms with E-state index < -0.39 is 11.0 Å². The standard InChI is InChI=1S/C11H18N2O2/c1-10(2,6-7-14)13-9(15)11(8-12)4-3-5-11/h14H,3-7H2,1-2H3,(H,13,15). The highest BCUT2D eigenvalue weighted by Gasteiger charge is 2.45. The van der Waals surface area contributed by atoms with E-state index in [9.17, 15) is 4.79 Å². The summed E-state index contributed by atoms with van der Waals surface area (Å²) >= 11 is 0. The number of rotatable bonds is 4. The van der Waals surface area contributed by atoms with Gasteiger partial charge in [0.15, 0.2) is 0 Å². The lowest BCUT2D eigenvalue weighted by Crippen LogP contribution is -2.52. The van der Waals surface area contributed by atoms with E-state index in [1.54, 1.807) is 0 Å². The van der Waals surface area contributed by atoms with Crippen molar-refractivity contribution in [3.63, 3.8) is 0 Å². The van der Waals surface area contributed by atoms with Crippen molar-refractivity contribution in [3.05, 3.63) is 0 Å². The lowest BCUT2D eigenvalue weighted by Gasteiger charge is -2.37. The molecule has 0 saturated heterocycles. The first-order valence-corrected chi connectivity index (χ1v) is 5.30. The maximum Gasteiger partial charge on any atom is 0.240 e. The molecule has 1 fully saturated rings. The third-order valence-corrected chi connectivity index (χ3v) is 3.04. The molecule has 84 valence electrons.